The average Bonchev–Trinajstić information content (AvgIpc) is 2.32. The van der Waals surface area contributed by atoms with Gasteiger partial charge in [-0.05, 0) is 13.8 Å². The molecule has 0 radical (unpaired) electrons. The predicted octanol–water partition coefficient (Wildman–Crippen LogP) is 0.385. The summed E-state index contributed by atoms with van der Waals surface area (Å²) in [5.41, 5.74) is 5.61. The molecule has 98 valence electrons. The molecular weight excluding hydrogens is 254 g/mol. The van der Waals surface area contributed by atoms with Crippen molar-refractivity contribution in [3.63, 3.8) is 0 Å². The molecular formula is C10H15N5O2S. The van der Waals surface area contributed by atoms with E-state index in [-0.39, 0.29) is 5.82 Å². The second kappa shape index (κ2) is 6.80. The molecule has 1 heterocycles. The molecule has 1 aromatic rings. The molecule has 0 fully saturated rings. The Morgan fingerprint density at radius 3 is 2.72 bits per heavy atom. The molecule has 0 aliphatic carbocycles. The Hall–Kier alpha value is -1.83. The summed E-state index contributed by atoms with van der Waals surface area (Å²) >= 11 is 1.15. The van der Waals surface area contributed by atoms with Gasteiger partial charge in [-0.1, -0.05) is 11.8 Å². The average molecular weight is 269 g/mol. The number of carbonyl (C=O) groups excluding carboxylic acids is 2. The van der Waals surface area contributed by atoms with Crippen molar-refractivity contribution in [2.45, 2.75) is 24.1 Å². The van der Waals surface area contributed by atoms with Gasteiger partial charge < -0.3 is 11.1 Å². The van der Waals surface area contributed by atoms with Crippen molar-refractivity contribution in [1.29, 1.82) is 0 Å². The van der Waals surface area contributed by atoms with Crippen molar-refractivity contribution >= 4 is 29.5 Å². The van der Waals surface area contributed by atoms with Crippen LogP contribution in [0.15, 0.2) is 17.4 Å². The van der Waals surface area contributed by atoms with Gasteiger partial charge in [0.2, 0.25) is 5.91 Å². The number of urea groups is 1. The van der Waals surface area contributed by atoms with Gasteiger partial charge in [-0.15, -0.1) is 0 Å². The van der Waals surface area contributed by atoms with Crippen LogP contribution < -0.4 is 16.4 Å². The number of nitrogen functional groups attached to an aromatic ring is 1. The summed E-state index contributed by atoms with van der Waals surface area (Å²) in [7, 11) is 0. The molecule has 3 amide bonds. The molecule has 0 aliphatic heterocycles. The fourth-order valence-corrected chi connectivity index (χ4v) is 1.86. The number of amides is 3. The van der Waals surface area contributed by atoms with E-state index in [1.54, 1.807) is 13.8 Å². The minimum atomic E-state index is -0.512. The molecule has 4 N–H and O–H groups in total. The number of rotatable bonds is 4. The lowest BCUT2D eigenvalue weighted by atomic mass is 10.4. The summed E-state index contributed by atoms with van der Waals surface area (Å²) in [5.74, 6) is -0.142. The van der Waals surface area contributed by atoms with Gasteiger partial charge in [0, 0.05) is 18.9 Å². The van der Waals surface area contributed by atoms with Crippen LogP contribution in [-0.4, -0.2) is 33.7 Å². The topological polar surface area (TPSA) is 110 Å². The maximum absolute atomic E-state index is 11.7. The normalized spacial score (nSPS) is 11.7. The van der Waals surface area contributed by atoms with Crippen molar-refractivity contribution in [3.05, 3.63) is 12.4 Å². The first kappa shape index (κ1) is 14.2. The number of nitrogens with zero attached hydrogens (tertiary/aromatic N) is 2. The van der Waals surface area contributed by atoms with Crippen LogP contribution in [0.3, 0.4) is 0 Å². The molecule has 0 spiro atoms. The number of hydrogen-bond donors (Lipinski definition) is 3. The van der Waals surface area contributed by atoms with Gasteiger partial charge in [-0.25, -0.2) is 14.8 Å². The number of nitrogens with one attached hydrogen (secondary N) is 2. The second-order valence-electron chi connectivity index (χ2n) is 3.36. The molecule has 1 atom stereocenters. The molecule has 1 unspecified atom stereocenters. The largest absolute Gasteiger partial charge is 0.381 e. The monoisotopic (exact) mass is 269 g/mol. The van der Waals surface area contributed by atoms with Gasteiger partial charge >= 0.3 is 6.03 Å². The zero-order valence-electron chi connectivity index (χ0n) is 10.1. The van der Waals surface area contributed by atoms with Crippen LogP contribution in [0.4, 0.5) is 10.6 Å². The molecule has 0 bridgehead atoms. The molecule has 18 heavy (non-hydrogen) atoms. The van der Waals surface area contributed by atoms with Crippen LogP contribution in [-0.2, 0) is 4.79 Å². The summed E-state index contributed by atoms with van der Waals surface area (Å²) in [6, 6.07) is -0.512. The van der Waals surface area contributed by atoms with E-state index in [9.17, 15) is 9.59 Å². The number of hydrogen-bond acceptors (Lipinski definition) is 6. The van der Waals surface area contributed by atoms with E-state index in [2.05, 4.69) is 20.6 Å². The molecule has 8 heteroatoms. The highest BCUT2D eigenvalue weighted by Crippen LogP contribution is 2.24. The summed E-state index contributed by atoms with van der Waals surface area (Å²) in [5, 5.41) is 4.67. The highest BCUT2D eigenvalue weighted by Gasteiger charge is 2.18. The number of carbonyl (C=O) groups is 2. The SMILES string of the molecule is CCNC(=O)NC(=O)C(C)Sc1nccnc1N. The van der Waals surface area contributed by atoms with E-state index in [4.69, 9.17) is 5.73 Å². The lowest BCUT2D eigenvalue weighted by molar-refractivity contribution is -0.119. The molecule has 0 aromatic carbocycles. The molecule has 0 saturated carbocycles. The van der Waals surface area contributed by atoms with Crippen molar-refractivity contribution in [2.75, 3.05) is 12.3 Å². The quantitative estimate of drug-likeness (QED) is 0.682. The smallest absolute Gasteiger partial charge is 0.321 e. The van der Waals surface area contributed by atoms with E-state index in [0.29, 0.717) is 11.6 Å². The van der Waals surface area contributed by atoms with Crippen LogP contribution in [0.1, 0.15) is 13.8 Å². The third-order valence-corrected chi connectivity index (χ3v) is 3.03. The first-order valence-corrected chi connectivity index (χ1v) is 6.24. The first-order valence-electron chi connectivity index (χ1n) is 5.36. The standard InChI is InChI=1S/C10H15N5O2S/c1-3-12-10(17)15-8(16)6(2)18-9-7(11)13-4-5-14-9/h4-6H,3H2,1-2H3,(H2,11,13)(H2,12,15,16,17). The Kier molecular flexibility index (Phi) is 5.37. The molecule has 0 aliphatic rings. The minimum absolute atomic E-state index is 0.264. The van der Waals surface area contributed by atoms with Crippen molar-refractivity contribution in [1.82, 2.24) is 20.6 Å². The Bertz CT molecular complexity index is 440. The summed E-state index contributed by atoms with van der Waals surface area (Å²) in [4.78, 5) is 30.7. The number of nitrogens with two attached hydrogens (primary N) is 1. The van der Waals surface area contributed by atoms with Gasteiger partial charge in [-0.3, -0.25) is 10.1 Å². The van der Waals surface area contributed by atoms with Crippen LogP contribution in [0.5, 0.6) is 0 Å². The van der Waals surface area contributed by atoms with Crippen molar-refractivity contribution in [3.8, 4) is 0 Å². The number of imide groups is 1. The number of aromatic nitrogens is 2. The van der Waals surface area contributed by atoms with E-state index in [1.807, 2.05) is 0 Å². The Morgan fingerprint density at radius 2 is 2.11 bits per heavy atom. The third-order valence-electron chi connectivity index (χ3n) is 1.92. The van der Waals surface area contributed by atoms with E-state index < -0.39 is 17.2 Å². The van der Waals surface area contributed by atoms with Crippen LogP contribution in [0.2, 0.25) is 0 Å². The molecule has 0 saturated heterocycles. The van der Waals surface area contributed by atoms with Crippen molar-refractivity contribution in [2.24, 2.45) is 0 Å². The van der Waals surface area contributed by atoms with Crippen LogP contribution >= 0.6 is 11.8 Å². The number of anilines is 1. The van der Waals surface area contributed by atoms with Gasteiger partial charge in [0.05, 0.1) is 5.25 Å². The maximum atomic E-state index is 11.7. The molecule has 1 aromatic heterocycles. The summed E-state index contributed by atoms with van der Waals surface area (Å²) in [6.45, 7) is 3.88. The van der Waals surface area contributed by atoms with Crippen LogP contribution in [0.25, 0.3) is 0 Å². The molecule has 1 rings (SSSR count). The fourth-order valence-electron chi connectivity index (χ4n) is 1.07. The Morgan fingerprint density at radius 1 is 1.44 bits per heavy atom. The van der Waals surface area contributed by atoms with Gasteiger partial charge in [0.15, 0.2) is 5.82 Å². The fraction of sp³-hybridized carbons (Fsp3) is 0.400. The summed E-state index contributed by atoms with van der Waals surface area (Å²) < 4.78 is 0. The first-order chi connectivity index (χ1) is 8.54. The Labute approximate surface area is 109 Å². The number of thioether (sulfide) groups is 1. The lowest BCUT2D eigenvalue weighted by Crippen LogP contribution is -2.42. The predicted molar refractivity (Wildman–Crippen MR) is 69.0 cm³/mol. The van der Waals surface area contributed by atoms with Gasteiger partial charge in [0.25, 0.3) is 0 Å². The maximum Gasteiger partial charge on any atom is 0.321 e. The highest BCUT2D eigenvalue weighted by molar-refractivity contribution is 8.00. The van der Waals surface area contributed by atoms with Gasteiger partial charge in [0.1, 0.15) is 5.03 Å². The van der Waals surface area contributed by atoms with Crippen molar-refractivity contribution < 1.29 is 9.59 Å². The molecule has 7 nitrogen and oxygen atoms in total. The highest BCUT2D eigenvalue weighted by atomic mass is 32.2. The van der Waals surface area contributed by atoms with Crippen LogP contribution in [0, 0.1) is 0 Å². The minimum Gasteiger partial charge on any atom is -0.381 e. The van der Waals surface area contributed by atoms with E-state index in [0.717, 1.165) is 11.8 Å². The summed E-state index contributed by atoms with van der Waals surface area (Å²) in [6.07, 6.45) is 2.96. The van der Waals surface area contributed by atoms with E-state index >= 15 is 0 Å². The Balaban J connectivity index is 2.55. The zero-order valence-corrected chi connectivity index (χ0v) is 11.0. The zero-order chi connectivity index (χ0) is 13.5. The van der Waals surface area contributed by atoms with E-state index in [1.165, 1.54) is 12.4 Å². The third kappa shape index (κ3) is 4.21. The van der Waals surface area contributed by atoms with Gasteiger partial charge in [-0.2, -0.15) is 0 Å². The second-order valence-corrected chi connectivity index (χ2v) is 4.69. The lowest BCUT2D eigenvalue weighted by Gasteiger charge is -2.11.